The van der Waals surface area contributed by atoms with E-state index < -0.39 is 0 Å². The van der Waals surface area contributed by atoms with Crippen molar-refractivity contribution >= 4 is 24.2 Å². The number of anilines is 1. The number of fused-ring (bicyclic) bond motifs is 1. The second-order valence-corrected chi connectivity index (χ2v) is 6.37. The first-order chi connectivity index (χ1) is 8.93. The maximum atomic E-state index is 12.1. The normalized spacial score (nSPS) is 16.8. The number of hydrogen-bond donors (Lipinski definition) is 1. The van der Waals surface area contributed by atoms with Gasteiger partial charge in [0, 0.05) is 6.54 Å². The zero-order valence-electron chi connectivity index (χ0n) is 11.7. The van der Waals surface area contributed by atoms with Gasteiger partial charge in [0.2, 0.25) is 0 Å². The third kappa shape index (κ3) is 3.06. The molecule has 3 nitrogen and oxygen atoms in total. The number of hydrogen-bond acceptors (Lipinski definition) is 3. The van der Waals surface area contributed by atoms with E-state index in [2.05, 4.69) is 33.4 Å². The highest BCUT2D eigenvalue weighted by atomic mass is 32.1. The van der Waals surface area contributed by atoms with E-state index >= 15 is 0 Å². The number of ether oxygens (including phenoxy) is 1. The van der Waals surface area contributed by atoms with Gasteiger partial charge in [0.15, 0.2) is 6.61 Å². The van der Waals surface area contributed by atoms with Crippen LogP contribution in [0.15, 0.2) is 24.3 Å². The van der Waals surface area contributed by atoms with E-state index in [-0.39, 0.29) is 17.9 Å². The van der Waals surface area contributed by atoms with E-state index in [1.165, 1.54) is 0 Å². The standard InChI is InChI=1S/C15H21NO2S/c1-15(2,3)11(10-19)8-16-12-6-4-5-7-13(12)18-9-14(16)17/h4-7,11,19H,8-10H2,1-3H3. The number of carbonyl (C=O) groups excluding carboxylic acids is 1. The van der Waals surface area contributed by atoms with Crippen molar-refractivity contribution < 1.29 is 9.53 Å². The molecule has 0 saturated carbocycles. The van der Waals surface area contributed by atoms with Crippen LogP contribution in [0.5, 0.6) is 5.75 Å². The van der Waals surface area contributed by atoms with Gasteiger partial charge in [0.25, 0.3) is 5.91 Å². The topological polar surface area (TPSA) is 29.5 Å². The molecule has 1 atom stereocenters. The highest BCUT2D eigenvalue weighted by Crippen LogP contribution is 2.35. The number of nitrogens with zero attached hydrogens (tertiary/aromatic N) is 1. The quantitative estimate of drug-likeness (QED) is 0.862. The Morgan fingerprint density at radius 1 is 1.37 bits per heavy atom. The zero-order valence-corrected chi connectivity index (χ0v) is 12.6. The lowest BCUT2D eigenvalue weighted by Crippen LogP contribution is -2.44. The summed E-state index contributed by atoms with van der Waals surface area (Å²) in [5.41, 5.74) is 0.990. The van der Waals surface area contributed by atoms with Gasteiger partial charge in [-0.25, -0.2) is 0 Å². The van der Waals surface area contributed by atoms with Crippen LogP contribution in [0, 0.1) is 11.3 Å². The molecule has 0 radical (unpaired) electrons. The Balaban J connectivity index is 2.26. The maximum absolute atomic E-state index is 12.1. The van der Waals surface area contributed by atoms with Gasteiger partial charge < -0.3 is 9.64 Å². The molecule has 0 fully saturated rings. The van der Waals surface area contributed by atoms with Crippen LogP contribution in [0.4, 0.5) is 5.69 Å². The van der Waals surface area contributed by atoms with Crippen LogP contribution in [0.3, 0.4) is 0 Å². The molecule has 4 heteroatoms. The molecule has 0 bridgehead atoms. The number of para-hydroxylation sites is 2. The van der Waals surface area contributed by atoms with Crippen LogP contribution in [0.2, 0.25) is 0 Å². The lowest BCUT2D eigenvalue weighted by Gasteiger charge is -2.36. The molecule has 0 aliphatic carbocycles. The average Bonchev–Trinajstić information content (AvgIpc) is 2.36. The van der Waals surface area contributed by atoms with E-state index in [0.717, 1.165) is 17.2 Å². The number of benzene rings is 1. The summed E-state index contributed by atoms with van der Waals surface area (Å²) in [7, 11) is 0. The lowest BCUT2D eigenvalue weighted by molar-refractivity contribution is -0.121. The molecule has 0 aromatic heterocycles. The van der Waals surface area contributed by atoms with Crippen LogP contribution >= 0.6 is 12.6 Å². The van der Waals surface area contributed by atoms with E-state index in [1.807, 2.05) is 29.2 Å². The molecule has 1 aliphatic rings. The first kappa shape index (κ1) is 14.3. The molecular formula is C15H21NO2S. The van der Waals surface area contributed by atoms with Gasteiger partial charge >= 0.3 is 0 Å². The summed E-state index contributed by atoms with van der Waals surface area (Å²) in [6.07, 6.45) is 0. The van der Waals surface area contributed by atoms with Gasteiger partial charge in [0.1, 0.15) is 5.75 Å². The second kappa shape index (κ2) is 5.45. The van der Waals surface area contributed by atoms with Crippen LogP contribution in [0.1, 0.15) is 20.8 Å². The van der Waals surface area contributed by atoms with Crippen molar-refractivity contribution in [2.75, 3.05) is 23.8 Å². The van der Waals surface area contributed by atoms with E-state index in [0.29, 0.717) is 12.5 Å². The van der Waals surface area contributed by atoms with Crippen molar-refractivity contribution in [2.45, 2.75) is 20.8 Å². The predicted octanol–water partition coefficient (Wildman–Crippen LogP) is 3.00. The summed E-state index contributed by atoms with van der Waals surface area (Å²) >= 11 is 4.44. The first-order valence-corrected chi connectivity index (χ1v) is 7.20. The third-order valence-electron chi connectivity index (χ3n) is 3.66. The predicted molar refractivity (Wildman–Crippen MR) is 81.1 cm³/mol. The van der Waals surface area contributed by atoms with Crippen LogP contribution in [0.25, 0.3) is 0 Å². The van der Waals surface area contributed by atoms with Gasteiger partial charge in [-0.15, -0.1) is 0 Å². The highest BCUT2D eigenvalue weighted by Gasteiger charge is 2.31. The molecule has 0 saturated heterocycles. The first-order valence-electron chi connectivity index (χ1n) is 6.56. The highest BCUT2D eigenvalue weighted by molar-refractivity contribution is 7.80. The Bertz CT molecular complexity index is 467. The largest absolute Gasteiger partial charge is 0.482 e. The Hall–Kier alpha value is -1.16. The molecule has 104 valence electrons. The summed E-state index contributed by atoms with van der Waals surface area (Å²) in [6, 6.07) is 7.69. The third-order valence-corrected chi connectivity index (χ3v) is 4.10. The molecule has 1 unspecified atom stereocenters. The molecule has 1 aromatic carbocycles. The lowest BCUT2D eigenvalue weighted by atomic mass is 9.81. The number of thiol groups is 1. The monoisotopic (exact) mass is 279 g/mol. The zero-order chi connectivity index (χ0) is 14.0. The fourth-order valence-electron chi connectivity index (χ4n) is 2.18. The van der Waals surface area contributed by atoms with Crippen LogP contribution in [-0.4, -0.2) is 24.8 Å². The molecule has 1 aromatic rings. The summed E-state index contributed by atoms with van der Waals surface area (Å²) < 4.78 is 5.46. The maximum Gasteiger partial charge on any atom is 0.265 e. The van der Waals surface area contributed by atoms with E-state index in [1.54, 1.807) is 0 Å². The van der Waals surface area contributed by atoms with Crippen molar-refractivity contribution in [3.63, 3.8) is 0 Å². The smallest absolute Gasteiger partial charge is 0.265 e. The van der Waals surface area contributed by atoms with Crippen molar-refractivity contribution in [1.29, 1.82) is 0 Å². The average molecular weight is 279 g/mol. The number of rotatable bonds is 3. The SMILES string of the molecule is CC(C)(C)C(CS)CN1C(=O)COc2ccccc21. The minimum absolute atomic E-state index is 0.0229. The van der Waals surface area contributed by atoms with Crippen molar-refractivity contribution in [1.82, 2.24) is 0 Å². The van der Waals surface area contributed by atoms with Gasteiger partial charge in [0.05, 0.1) is 5.69 Å². The molecule has 1 aliphatic heterocycles. The molecule has 1 amide bonds. The number of amides is 1. The van der Waals surface area contributed by atoms with Gasteiger partial charge in [-0.3, -0.25) is 4.79 Å². The van der Waals surface area contributed by atoms with E-state index in [9.17, 15) is 4.79 Å². The molecular weight excluding hydrogens is 258 g/mol. The van der Waals surface area contributed by atoms with Crippen LogP contribution < -0.4 is 9.64 Å². The molecule has 0 spiro atoms. The minimum atomic E-state index is 0.0229. The summed E-state index contributed by atoms with van der Waals surface area (Å²) in [4.78, 5) is 13.9. The fraction of sp³-hybridized carbons (Fsp3) is 0.533. The fourth-order valence-corrected chi connectivity index (χ4v) is 2.84. The molecule has 0 N–H and O–H groups in total. The van der Waals surface area contributed by atoms with Gasteiger partial charge in [-0.2, -0.15) is 12.6 Å². The van der Waals surface area contributed by atoms with Crippen LogP contribution in [-0.2, 0) is 4.79 Å². The van der Waals surface area contributed by atoms with Crippen molar-refractivity contribution in [3.8, 4) is 5.75 Å². The Labute approximate surface area is 120 Å². The molecule has 1 heterocycles. The Kier molecular flexibility index (Phi) is 4.09. The van der Waals surface area contributed by atoms with Gasteiger partial charge in [-0.1, -0.05) is 32.9 Å². The molecule has 2 rings (SSSR count). The Morgan fingerprint density at radius 3 is 2.68 bits per heavy atom. The second-order valence-electron chi connectivity index (χ2n) is 6.01. The summed E-state index contributed by atoms with van der Waals surface area (Å²) in [5.74, 6) is 1.91. The Morgan fingerprint density at radius 2 is 2.05 bits per heavy atom. The van der Waals surface area contributed by atoms with Crippen molar-refractivity contribution in [2.24, 2.45) is 11.3 Å². The van der Waals surface area contributed by atoms with E-state index in [4.69, 9.17) is 4.74 Å². The summed E-state index contributed by atoms with van der Waals surface area (Å²) in [5, 5.41) is 0. The molecule has 19 heavy (non-hydrogen) atoms. The van der Waals surface area contributed by atoms with Gasteiger partial charge in [-0.05, 0) is 29.2 Å². The van der Waals surface area contributed by atoms with Crippen molar-refractivity contribution in [3.05, 3.63) is 24.3 Å². The number of carbonyl (C=O) groups is 1. The minimum Gasteiger partial charge on any atom is -0.482 e. The summed E-state index contributed by atoms with van der Waals surface area (Å²) in [6.45, 7) is 7.37.